The number of hydrogen-bond donors (Lipinski definition) is 3. The molecule has 20 heavy (non-hydrogen) atoms. The van der Waals surface area contributed by atoms with Crippen molar-refractivity contribution in [3.63, 3.8) is 0 Å². The molecule has 0 amide bonds. The number of H-pyrrole nitrogens is 1. The number of rotatable bonds is 1. The first kappa shape index (κ1) is 13.6. The Labute approximate surface area is 116 Å². The zero-order chi connectivity index (χ0) is 14.5. The smallest absolute Gasteiger partial charge is 0.328 e. The third kappa shape index (κ3) is 1.86. The number of aromatic nitrogens is 2. The van der Waals surface area contributed by atoms with Gasteiger partial charge in [-0.05, 0) is 32.6 Å². The second-order valence-corrected chi connectivity index (χ2v) is 6.23. The molecule has 1 unspecified atom stereocenters. The molecule has 3 rings (SSSR count). The van der Waals surface area contributed by atoms with Gasteiger partial charge in [-0.3, -0.25) is 14.3 Å². The van der Waals surface area contributed by atoms with Crippen molar-refractivity contribution in [3.8, 4) is 0 Å². The molecule has 2 aliphatic carbocycles. The van der Waals surface area contributed by atoms with E-state index in [9.17, 15) is 19.8 Å². The quantitative estimate of drug-likeness (QED) is 0.678. The molecule has 1 aromatic heterocycles. The summed E-state index contributed by atoms with van der Waals surface area (Å²) in [5.74, 6) is 0. The molecule has 0 aromatic carbocycles. The van der Waals surface area contributed by atoms with Gasteiger partial charge in [0, 0.05) is 23.2 Å². The minimum absolute atomic E-state index is 0.166. The van der Waals surface area contributed by atoms with Crippen LogP contribution in [-0.4, -0.2) is 32.0 Å². The van der Waals surface area contributed by atoms with Gasteiger partial charge in [-0.25, -0.2) is 4.79 Å². The highest BCUT2D eigenvalue weighted by Crippen LogP contribution is 2.53. The Hall–Kier alpha value is -1.40. The highest BCUT2D eigenvalue weighted by atomic mass is 16.3. The van der Waals surface area contributed by atoms with Crippen molar-refractivity contribution >= 4 is 0 Å². The average molecular weight is 280 g/mol. The fourth-order valence-electron chi connectivity index (χ4n) is 3.93. The molecule has 2 aliphatic rings. The van der Waals surface area contributed by atoms with Crippen molar-refractivity contribution in [1.82, 2.24) is 9.55 Å². The van der Waals surface area contributed by atoms with Crippen LogP contribution >= 0.6 is 0 Å². The van der Waals surface area contributed by atoms with Crippen LogP contribution in [0.3, 0.4) is 0 Å². The molecule has 2 saturated carbocycles. The first-order valence-electron chi connectivity index (χ1n) is 7.12. The summed E-state index contributed by atoms with van der Waals surface area (Å²) in [5, 5.41) is 20.5. The number of aromatic amines is 1. The highest BCUT2D eigenvalue weighted by Gasteiger charge is 2.53. The van der Waals surface area contributed by atoms with E-state index in [1.54, 1.807) is 13.1 Å². The standard InChI is InChI=1S/C14H20N2O4/c1-8-7-16(13(20)15-12(8)19)9-5-11(18)14(6-9)4-2-3-10(14)17/h7,9-11,17-18H,2-6H2,1H3,(H,15,19,20)/t9-,10+,11-,14?/m1/s1. The summed E-state index contributed by atoms with van der Waals surface area (Å²) in [6.45, 7) is 1.65. The van der Waals surface area contributed by atoms with Crippen LogP contribution in [0.15, 0.2) is 15.8 Å². The van der Waals surface area contributed by atoms with Gasteiger partial charge in [0.2, 0.25) is 0 Å². The lowest BCUT2D eigenvalue weighted by molar-refractivity contribution is -0.0302. The monoisotopic (exact) mass is 280 g/mol. The van der Waals surface area contributed by atoms with Crippen LogP contribution in [0, 0.1) is 12.3 Å². The summed E-state index contributed by atoms with van der Waals surface area (Å²) in [4.78, 5) is 25.6. The van der Waals surface area contributed by atoms with Crippen LogP contribution in [0.25, 0.3) is 0 Å². The first-order chi connectivity index (χ1) is 9.44. The predicted molar refractivity (Wildman–Crippen MR) is 72.6 cm³/mol. The molecule has 1 spiro atoms. The fourth-order valence-corrected chi connectivity index (χ4v) is 3.93. The van der Waals surface area contributed by atoms with E-state index in [2.05, 4.69) is 4.98 Å². The minimum Gasteiger partial charge on any atom is -0.392 e. The van der Waals surface area contributed by atoms with Crippen LogP contribution in [0.2, 0.25) is 0 Å². The van der Waals surface area contributed by atoms with Crippen LogP contribution in [0.1, 0.15) is 43.7 Å². The lowest BCUT2D eigenvalue weighted by atomic mass is 9.80. The summed E-state index contributed by atoms with van der Waals surface area (Å²) in [5.41, 5.74) is -0.816. The summed E-state index contributed by atoms with van der Waals surface area (Å²) < 4.78 is 1.50. The van der Waals surface area contributed by atoms with E-state index >= 15 is 0 Å². The SMILES string of the molecule is Cc1cn([C@@H]2C[C@@H](O)C3(CCC[C@@H]3O)C2)c(=O)[nH]c1=O. The molecule has 110 valence electrons. The van der Waals surface area contributed by atoms with E-state index in [1.165, 1.54) is 4.57 Å². The zero-order valence-electron chi connectivity index (χ0n) is 11.5. The van der Waals surface area contributed by atoms with Gasteiger partial charge in [-0.1, -0.05) is 6.42 Å². The van der Waals surface area contributed by atoms with E-state index in [-0.39, 0.29) is 11.6 Å². The molecular weight excluding hydrogens is 260 g/mol. The van der Waals surface area contributed by atoms with Gasteiger partial charge in [-0.15, -0.1) is 0 Å². The Morgan fingerprint density at radius 2 is 2.10 bits per heavy atom. The lowest BCUT2D eigenvalue weighted by Crippen LogP contribution is -2.37. The van der Waals surface area contributed by atoms with Crippen molar-refractivity contribution in [2.45, 2.75) is 57.3 Å². The molecule has 2 fully saturated rings. The van der Waals surface area contributed by atoms with Gasteiger partial charge in [0.05, 0.1) is 12.2 Å². The normalized spacial score (nSPS) is 36.9. The van der Waals surface area contributed by atoms with E-state index in [1.807, 2.05) is 0 Å². The Morgan fingerprint density at radius 3 is 2.75 bits per heavy atom. The number of nitrogens with one attached hydrogen (secondary N) is 1. The van der Waals surface area contributed by atoms with Crippen LogP contribution < -0.4 is 11.2 Å². The largest absolute Gasteiger partial charge is 0.392 e. The maximum atomic E-state index is 11.9. The Bertz CT molecular complexity index is 635. The van der Waals surface area contributed by atoms with E-state index < -0.39 is 23.3 Å². The maximum Gasteiger partial charge on any atom is 0.328 e. The summed E-state index contributed by atoms with van der Waals surface area (Å²) in [7, 11) is 0. The highest BCUT2D eigenvalue weighted by molar-refractivity contribution is 5.08. The minimum atomic E-state index is -0.593. The van der Waals surface area contributed by atoms with Gasteiger partial charge >= 0.3 is 5.69 Å². The molecule has 0 saturated heterocycles. The Balaban J connectivity index is 1.96. The Morgan fingerprint density at radius 1 is 1.35 bits per heavy atom. The third-order valence-corrected chi connectivity index (χ3v) is 5.10. The van der Waals surface area contributed by atoms with E-state index in [0.717, 1.165) is 12.8 Å². The molecule has 1 heterocycles. The van der Waals surface area contributed by atoms with Gasteiger partial charge in [-0.2, -0.15) is 0 Å². The van der Waals surface area contributed by atoms with Crippen molar-refractivity contribution in [2.24, 2.45) is 5.41 Å². The Kier molecular flexibility index (Phi) is 3.10. The summed E-state index contributed by atoms with van der Waals surface area (Å²) in [6, 6.07) is -0.166. The second-order valence-electron chi connectivity index (χ2n) is 6.23. The van der Waals surface area contributed by atoms with Crippen LogP contribution in [0.4, 0.5) is 0 Å². The van der Waals surface area contributed by atoms with Gasteiger partial charge in [0.1, 0.15) is 0 Å². The molecule has 3 N–H and O–H groups in total. The molecular formula is C14H20N2O4. The number of aliphatic hydroxyl groups excluding tert-OH is 2. The van der Waals surface area contributed by atoms with Crippen molar-refractivity contribution in [1.29, 1.82) is 0 Å². The molecule has 0 aliphatic heterocycles. The van der Waals surface area contributed by atoms with Crippen molar-refractivity contribution in [3.05, 3.63) is 32.6 Å². The zero-order valence-corrected chi connectivity index (χ0v) is 11.5. The number of nitrogens with zero attached hydrogens (tertiary/aromatic N) is 1. The third-order valence-electron chi connectivity index (χ3n) is 5.10. The van der Waals surface area contributed by atoms with E-state index in [0.29, 0.717) is 24.8 Å². The first-order valence-corrected chi connectivity index (χ1v) is 7.12. The molecule has 0 radical (unpaired) electrons. The summed E-state index contributed by atoms with van der Waals surface area (Å²) in [6.07, 6.45) is 3.91. The van der Waals surface area contributed by atoms with Gasteiger partial charge in [0.15, 0.2) is 0 Å². The molecule has 0 bridgehead atoms. The average Bonchev–Trinajstić information content (AvgIpc) is 2.91. The molecule has 6 nitrogen and oxygen atoms in total. The number of aryl methyl sites for hydroxylation is 1. The van der Waals surface area contributed by atoms with Gasteiger partial charge in [0.25, 0.3) is 5.56 Å². The van der Waals surface area contributed by atoms with Crippen molar-refractivity contribution < 1.29 is 10.2 Å². The molecule has 4 atom stereocenters. The van der Waals surface area contributed by atoms with E-state index in [4.69, 9.17) is 0 Å². The molecule has 1 aromatic rings. The number of aliphatic hydroxyl groups is 2. The van der Waals surface area contributed by atoms with Crippen LogP contribution in [0.5, 0.6) is 0 Å². The topological polar surface area (TPSA) is 95.3 Å². The van der Waals surface area contributed by atoms with Gasteiger partial charge < -0.3 is 10.2 Å². The predicted octanol–water partition coefficient (Wildman–Crippen LogP) is 0.0720. The fraction of sp³-hybridized carbons (Fsp3) is 0.714. The number of hydrogen-bond acceptors (Lipinski definition) is 4. The second kappa shape index (κ2) is 4.56. The lowest BCUT2D eigenvalue weighted by Gasteiger charge is -2.31. The van der Waals surface area contributed by atoms with Crippen LogP contribution in [-0.2, 0) is 0 Å². The maximum absolute atomic E-state index is 11.9. The summed E-state index contributed by atoms with van der Waals surface area (Å²) >= 11 is 0. The molecule has 6 heteroatoms. The van der Waals surface area contributed by atoms with Crippen molar-refractivity contribution in [2.75, 3.05) is 0 Å².